The molecular weight excluding hydrogens is 175 g/mol. The van der Waals surface area contributed by atoms with Crippen LogP contribution in [0.15, 0.2) is 30.3 Å². The van der Waals surface area contributed by atoms with E-state index in [1.165, 1.54) is 0 Å². The zero-order chi connectivity index (χ0) is 10.8. The van der Waals surface area contributed by atoms with Crippen molar-refractivity contribution in [3.05, 3.63) is 35.9 Å². The molecule has 76 valence electrons. The molecule has 1 rings (SSSR count). The summed E-state index contributed by atoms with van der Waals surface area (Å²) < 4.78 is 13.2. The minimum absolute atomic E-state index is 0.417. The third-order valence-corrected chi connectivity index (χ3v) is 1.70. The van der Waals surface area contributed by atoms with Crippen molar-refractivity contribution in [1.29, 1.82) is 0 Å². The van der Waals surface area contributed by atoms with E-state index in [2.05, 4.69) is 5.92 Å². The predicted octanol–water partition coefficient (Wildman–Crippen LogP) is 4.14. The molecule has 0 heterocycles. The summed E-state index contributed by atoms with van der Waals surface area (Å²) in [6.07, 6.45) is 5.04. The van der Waals surface area contributed by atoms with Gasteiger partial charge in [-0.2, -0.15) is 0 Å². The van der Waals surface area contributed by atoms with Crippen LogP contribution < -0.4 is 0 Å². The van der Waals surface area contributed by atoms with Crippen LogP contribution in [0.5, 0.6) is 0 Å². The molecule has 0 aliphatic carbocycles. The zero-order valence-electron chi connectivity index (χ0n) is 8.83. The highest BCUT2D eigenvalue weighted by atomic mass is 19.1. The third-order valence-electron chi connectivity index (χ3n) is 1.70. The van der Waals surface area contributed by atoms with Crippen LogP contribution in [0.1, 0.15) is 38.4 Å². The first-order valence-electron chi connectivity index (χ1n) is 4.97. The summed E-state index contributed by atoms with van der Waals surface area (Å²) >= 11 is 0. The zero-order valence-corrected chi connectivity index (χ0v) is 8.83. The van der Waals surface area contributed by atoms with Gasteiger partial charge in [0.2, 0.25) is 0 Å². The highest BCUT2D eigenvalue weighted by Gasteiger charge is 2.06. The molecule has 1 aromatic carbocycles. The summed E-state index contributed by atoms with van der Waals surface area (Å²) in [5.74, 6) is 2.43. The van der Waals surface area contributed by atoms with E-state index in [4.69, 9.17) is 6.42 Å². The van der Waals surface area contributed by atoms with Gasteiger partial charge in [0.1, 0.15) is 6.17 Å². The van der Waals surface area contributed by atoms with E-state index < -0.39 is 6.17 Å². The minimum atomic E-state index is -0.915. The Bertz CT molecular complexity index is 258. The Balaban J connectivity index is 0.000000791. The van der Waals surface area contributed by atoms with E-state index >= 15 is 0 Å². The van der Waals surface area contributed by atoms with Gasteiger partial charge in [0.15, 0.2) is 0 Å². The summed E-state index contributed by atoms with van der Waals surface area (Å²) in [6.45, 7) is 4.00. The lowest BCUT2D eigenvalue weighted by Gasteiger charge is -2.04. The number of hydrogen-bond donors (Lipinski definition) is 0. The van der Waals surface area contributed by atoms with Gasteiger partial charge in [0, 0.05) is 6.42 Å². The van der Waals surface area contributed by atoms with Gasteiger partial charge in [0.05, 0.1) is 0 Å². The summed E-state index contributed by atoms with van der Waals surface area (Å²) in [4.78, 5) is 0. The first-order valence-corrected chi connectivity index (χ1v) is 4.97. The summed E-state index contributed by atoms with van der Waals surface area (Å²) in [5.41, 5.74) is 0.716. The van der Waals surface area contributed by atoms with Crippen LogP contribution >= 0.6 is 0 Å². The van der Waals surface area contributed by atoms with Crippen LogP contribution in [0.25, 0.3) is 0 Å². The highest BCUT2D eigenvalue weighted by Crippen LogP contribution is 2.21. The van der Waals surface area contributed by atoms with Crippen LogP contribution in [-0.2, 0) is 0 Å². The van der Waals surface area contributed by atoms with E-state index in [0.717, 1.165) is 0 Å². The molecular formula is C13H17F. The lowest BCUT2D eigenvalue weighted by atomic mass is 10.1. The molecule has 0 bridgehead atoms. The summed E-state index contributed by atoms with van der Waals surface area (Å²) in [7, 11) is 0. The van der Waals surface area contributed by atoms with Crippen molar-refractivity contribution in [2.24, 2.45) is 0 Å². The third kappa shape index (κ3) is 4.67. The van der Waals surface area contributed by atoms with Crippen LogP contribution in [0.4, 0.5) is 4.39 Å². The molecule has 0 N–H and O–H groups in total. The Hall–Kier alpha value is -1.29. The summed E-state index contributed by atoms with van der Waals surface area (Å²) in [6, 6.07) is 9.09. The molecule has 1 unspecified atom stereocenters. The molecule has 0 saturated heterocycles. The van der Waals surface area contributed by atoms with Crippen molar-refractivity contribution in [3.63, 3.8) is 0 Å². The van der Waals surface area contributed by atoms with Gasteiger partial charge in [-0.25, -0.2) is 4.39 Å². The average Bonchev–Trinajstić information content (AvgIpc) is 2.30. The molecule has 0 saturated carbocycles. The lowest BCUT2D eigenvalue weighted by Crippen LogP contribution is -1.89. The van der Waals surface area contributed by atoms with Crippen LogP contribution in [0, 0.1) is 12.3 Å². The number of hydrogen-bond acceptors (Lipinski definition) is 0. The SMILES string of the molecule is C#CCCC(F)c1ccccc1.CC. The number of halogens is 1. The molecule has 14 heavy (non-hydrogen) atoms. The smallest absolute Gasteiger partial charge is 0.126 e. The maximum atomic E-state index is 13.2. The van der Waals surface area contributed by atoms with Crippen LogP contribution in [0.2, 0.25) is 0 Å². The molecule has 1 aromatic rings. The van der Waals surface area contributed by atoms with Gasteiger partial charge < -0.3 is 0 Å². The number of terminal acetylenes is 1. The van der Waals surface area contributed by atoms with Gasteiger partial charge in [0.25, 0.3) is 0 Å². The second-order valence-corrected chi connectivity index (χ2v) is 2.62. The van der Waals surface area contributed by atoms with Crippen LogP contribution in [-0.4, -0.2) is 0 Å². The maximum Gasteiger partial charge on any atom is 0.126 e. The monoisotopic (exact) mass is 192 g/mol. The van der Waals surface area contributed by atoms with Gasteiger partial charge in [-0.15, -0.1) is 12.3 Å². The second-order valence-electron chi connectivity index (χ2n) is 2.62. The van der Waals surface area contributed by atoms with Crippen molar-refractivity contribution in [2.45, 2.75) is 32.9 Å². The Morgan fingerprint density at radius 1 is 1.29 bits per heavy atom. The quantitative estimate of drug-likeness (QED) is 0.631. The Morgan fingerprint density at radius 3 is 2.36 bits per heavy atom. The van der Waals surface area contributed by atoms with E-state index in [1.54, 1.807) is 12.1 Å². The fourth-order valence-corrected chi connectivity index (χ4v) is 1.04. The topological polar surface area (TPSA) is 0 Å². The Morgan fingerprint density at radius 2 is 1.86 bits per heavy atom. The molecule has 0 spiro atoms. The lowest BCUT2D eigenvalue weighted by molar-refractivity contribution is 0.327. The molecule has 0 aromatic heterocycles. The molecule has 0 amide bonds. The van der Waals surface area contributed by atoms with Crippen molar-refractivity contribution in [1.82, 2.24) is 0 Å². The van der Waals surface area contributed by atoms with Crippen molar-refractivity contribution in [2.75, 3.05) is 0 Å². The Labute approximate surface area is 86.2 Å². The normalized spacial score (nSPS) is 10.7. The van der Waals surface area contributed by atoms with Crippen molar-refractivity contribution >= 4 is 0 Å². The fourth-order valence-electron chi connectivity index (χ4n) is 1.04. The molecule has 0 aliphatic heterocycles. The molecule has 0 aliphatic rings. The maximum absolute atomic E-state index is 13.2. The Kier molecular flexibility index (Phi) is 7.55. The summed E-state index contributed by atoms with van der Waals surface area (Å²) in [5, 5.41) is 0. The first kappa shape index (κ1) is 12.7. The minimum Gasteiger partial charge on any atom is -0.242 e. The van der Waals surface area contributed by atoms with Gasteiger partial charge in [-0.3, -0.25) is 0 Å². The molecule has 0 fully saturated rings. The average molecular weight is 192 g/mol. The second kappa shape index (κ2) is 8.31. The van der Waals surface area contributed by atoms with E-state index in [1.807, 2.05) is 32.0 Å². The van der Waals surface area contributed by atoms with Crippen LogP contribution in [0.3, 0.4) is 0 Å². The van der Waals surface area contributed by atoms with E-state index in [0.29, 0.717) is 18.4 Å². The highest BCUT2D eigenvalue weighted by molar-refractivity contribution is 5.17. The number of benzene rings is 1. The number of rotatable bonds is 3. The molecule has 1 heteroatoms. The fraction of sp³-hybridized carbons (Fsp3) is 0.385. The standard InChI is InChI=1S/C11H11F.C2H6/c1-2-3-9-11(12)10-7-5-4-6-8-10;1-2/h1,4-8,11H,3,9H2;1-2H3. The first-order chi connectivity index (χ1) is 6.84. The number of alkyl halides is 1. The molecule has 0 nitrogen and oxygen atoms in total. The van der Waals surface area contributed by atoms with Gasteiger partial charge in [-0.1, -0.05) is 44.2 Å². The molecule has 1 atom stereocenters. The van der Waals surface area contributed by atoms with Gasteiger partial charge in [-0.05, 0) is 12.0 Å². The molecule has 0 radical (unpaired) electrons. The van der Waals surface area contributed by atoms with E-state index in [9.17, 15) is 4.39 Å². The largest absolute Gasteiger partial charge is 0.242 e. The van der Waals surface area contributed by atoms with Crippen molar-refractivity contribution in [3.8, 4) is 12.3 Å². The van der Waals surface area contributed by atoms with E-state index in [-0.39, 0.29) is 0 Å². The predicted molar refractivity (Wildman–Crippen MR) is 59.7 cm³/mol. The van der Waals surface area contributed by atoms with Crippen molar-refractivity contribution < 1.29 is 4.39 Å². The van der Waals surface area contributed by atoms with Gasteiger partial charge >= 0.3 is 0 Å².